The molecule has 156 valence electrons. The molecule has 0 radical (unpaired) electrons. The van der Waals surface area contributed by atoms with Crippen LogP contribution in [0.25, 0.3) is 66.7 Å². The highest BCUT2D eigenvalue weighted by Gasteiger charge is 2.20. The van der Waals surface area contributed by atoms with Crippen LogP contribution >= 0.6 is 11.6 Å². The van der Waals surface area contributed by atoms with Gasteiger partial charge in [0.25, 0.3) is 0 Å². The minimum Gasteiger partial charge on any atom is -0.455 e. The molecule has 0 fully saturated rings. The number of hydrogen-bond donors (Lipinski definition) is 0. The average molecular weight is 447 g/mol. The maximum atomic E-state index is 6.26. The molecule has 0 amide bonds. The Morgan fingerprint density at radius 3 is 2.30 bits per heavy atom. The molecule has 0 bridgehead atoms. The van der Waals surface area contributed by atoms with Crippen LogP contribution in [0.1, 0.15) is 0 Å². The van der Waals surface area contributed by atoms with E-state index < -0.39 is 0 Å². The fourth-order valence-corrected chi connectivity index (χ4v) is 4.61. The highest BCUT2D eigenvalue weighted by Crippen LogP contribution is 2.39. The molecule has 0 spiro atoms. The molecule has 5 heteroatoms. The molecule has 7 aromatic rings. The van der Waals surface area contributed by atoms with Gasteiger partial charge in [-0.25, -0.2) is 9.97 Å². The molecule has 7 rings (SSSR count). The summed E-state index contributed by atoms with van der Waals surface area (Å²) in [5.41, 5.74) is 6.26. The van der Waals surface area contributed by atoms with E-state index in [9.17, 15) is 0 Å². The van der Waals surface area contributed by atoms with Crippen molar-refractivity contribution in [3.63, 3.8) is 0 Å². The van der Waals surface area contributed by atoms with Crippen LogP contribution < -0.4 is 0 Å². The zero-order valence-electron chi connectivity index (χ0n) is 17.2. The van der Waals surface area contributed by atoms with Crippen LogP contribution in [0.4, 0.5) is 0 Å². The van der Waals surface area contributed by atoms with Crippen molar-refractivity contribution >= 4 is 55.6 Å². The van der Waals surface area contributed by atoms with Crippen molar-refractivity contribution in [3.8, 4) is 22.6 Å². The van der Waals surface area contributed by atoms with Crippen LogP contribution in [0.15, 0.2) is 99.8 Å². The lowest BCUT2D eigenvalue weighted by atomic mass is 10.1. The van der Waals surface area contributed by atoms with Gasteiger partial charge >= 0.3 is 0 Å². The summed E-state index contributed by atoms with van der Waals surface area (Å²) >= 11 is 6.20. The average Bonchev–Trinajstić information content (AvgIpc) is 3.41. The number of benzene rings is 4. The molecule has 0 aliphatic rings. The molecule has 0 saturated carbocycles. The Morgan fingerprint density at radius 1 is 0.606 bits per heavy atom. The molecular weight excluding hydrogens is 432 g/mol. The summed E-state index contributed by atoms with van der Waals surface area (Å²) < 4.78 is 12.5. The van der Waals surface area contributed by atoms with Crippen LogP contribution in [0.2, 0.25) is 5.02 Å². The van der Waals surface area contributed by atoms with E-state index in [1.807, 2.05) is 91.0 Å². The minimum atomic E-state index is 0.587. The SMILES string of the molecule is Clc1ccc2c(c1)oc1c(-c3nc(-c4ccccc4)c4oc5ccccc5c4n3)cccc12. The van der Waals surface area contributed by atoms with Gasteiger partial charge in [0.05, 0.1) is 5.56 Å². The number of fused-ring (bicyclic) bond motifs is 6. The van der Waals surface area contributed by atoms with Crippen molar-refractivity contribution in [3.05, 3.63) is 96.0 Å². The Labute approximate surface area is 193 Å². The van der Waals surface area contributed by atoms with Crippen molar-refractivity contribution < 1.29 is 8.83 Å². The van der Waals surface area contributed by atoms with Crippen molar-refractivity contribution in [1.82, 2.24) is 9.97 Å². The molecule has 0 unspecified atom stereocenters. The zero-order valence-corrected chi connectivity index (χ0v) is 18.0. The fraction of sp³-hybridized carbons (Fsp3) is 0. The monoisotopic (exact) mass is 446 g/mol. The first-order valence-corrected chi connectivity index (χ1v) is 11.0. The summed E-state index contributed by atoms with van der Waals surface area (Å²) in [6.45, 7) is 0. The van der Waals surface area contributed by atoms with Crippen LogP contribution in [0.3, 0.4) is 0 Å². The Morgan fingerprint density at radius 2 is 1.39 bits per heavy atom. The zero-order chi connectivity index (χ0) is 21.9. The highest BCUT2D eigenvalue weighted by atomic mass is 35.5. The van der Waals surface area contributed by atoms with E-state index in [1.54, 1.807) is 0 Å². The van der Waals surface area contributed by atoms with Crippen LogP contribution in [-0.4, -0.2) is 9.97 Å². The highest BCUT2D eigenvalue weighted by molar-refractivity contribution is 6.31. The molecule has 0 aliphatic heterocycles. The van der Waals surface area contributed by atoms with Gasteiger partial charge in [0.2, 0.25) is 0 Å². The molecule has 4 nitrogen and oxygen atoms in total. The van der Waals surface area contributed by atoms with Crippen LogP contribution in [0, 0.1) is 0 Å². The topological polar surface area (TPSA) is 52.1 Å². The van der Waals surface area contributed by atoms with Crippen LogP contribution in [-0.2, 0) is 0 Å². The molecule has 0 aliphatic carbocycles. The van der Waals surface area contributed by atoms with Gasteiger partial charge in [0, 0.05) is 32.8 Å². The van der Waals surface area contributed by atoms with Gasteiger partial charge in [-0.05, 0) is 30.3 Å². The summed E-state index contributed by atoms with van der Waals surface area (Å²) in [5.74, 6) is 0.587. The number of aromatic nitrogens is 2. The third-order valence-electron chi connectivity index (χ3n) is 5.97. The second kappa shape index (κ2) is 6.92. The number of nitrogens with zero attached hydrogens (tertiary/aromatic N) is 2. The third kappa shape index (κ3) is 2.78. The standard InChI is InChI=1S/C28H15ClN2O2/c29-17-13-14-18-19-10-6-11-21(26(19)33-23(18)15-17)28-30-24(16-7-2-1-3-8-16)27-25(31-28)20-9-4-5-12-22(20)32-27/h1-15H. The van der Waals surface area contributed by atoms with E-state index in [1.165, 1.54) is 0 Å². The molecule has 3 aromatic heterocycles. The molecule has 4 aromatic carbocycles. The quantitative estimate of drug-likeness (QED) is 0.268. The van der Waals surface area contributed by atoms with Gasteiger partial charge in [0.1, 0.15) is 28.0 Å². The third-order valence-corrected chi connectivity index (χ3v) is 6.20. The minimum absolute atomic E-state index is 0.587. The summed E-state index contributed by atoms with van der Waals surface area (Å²) in [5, 5.41) is 3.60. The first-order valence-electron chi connectivity index (χ1n) is 10.6. The fourth-order valence-electron chi connectivity index (χ4n) is 4.45. The summed E-state index contributed by atoms with van der Waals surface area (Å²) in [6.07, 6.45) is 0. The molecule has 0 atom stereocenters. The number of para-hydroxylation sites is 2. The summed E-state index contributed by atoms with van der Waals surface area (Å²) in [6, 6.07) is 29.7. The molecule has 0 saturated heterocycles. The van der Waals surface area contributed by atoms with Gasteiger partial charge in [-0.3, -0.25) is 0 Å². The number of halogens is 1. The molecule has 3 heterocycles. The Balaban J connectivity index is 1.59. The Kier molecular flexibility index (Phi) is 3.87. The van der Waals surface area contributed by atoms with E-state index in [0.29, 0.717) is 16.4 Å². The van der Waals surface area contributed by atoms with E-state index in [4.69, 9.17) is 30.4 Å². The van der Waals surface area contributed by atoms with E-state index in [2.05, 4.69) is 0 Å². The van der Waals surface area contributed by atoms with Gasteiger partial charge in [0.15, 0.2) is 11.4 Å². The summed E-state index contributed by atoms with van der Waals surface area (Å²) in [4.78, 5) is 9.95. The maximum Gasteiger partial charge on any atom is 0.180 e. The second-order valence-corrected chi connectivity index (χ2v) is 8.40. The Hall–Kier alpha value is -4.15. The second-order valence-electron chi connectivity index (χ2n) is 7.96. The first kappa shape index (κ1) is 18.4. The number of rotatable bonds is 2. The van der Waals surface area contributed by atoms with Crippen molar-refractivity contribution in [2.45, 2.75) is 0 Å². The van der Waals surface area contributed by atoms with E-state index >= 15 is 0 Å². The van der Waals surface area contributed by atoms with E-state index in [-0.39, 0.29) is 0 Å². The van der Waals surface area contributed by atoms with Crippen molar-refractivity contribution in [1.29, 1.82) is 0 Å². The van der Waals surface area contributed by atoms with E-state index in [0.717, 1.165) is 55.2 Å². The van der Waals surface area contributed by atoms with Crippen molar-refractivity contribution in [2.24, 2.45) is 0 Å². The lowest BCUT2D eigenvalue weighted by Crippen LogP contribution is -1.94. The van der Waals surface area contributed by atoms with Gasteiger partial charge in [-0.2, -0.15) is 0 Å². The largest absolute Gasteiger partial charge is 0.455 e. The normalized spacial score (nSPS) is 11.8. The van der Waals surface area contributed by atoms with Gasteiger partial charge < -0.3 is 8.83 Å². The lowest BCUT2D eigenvalue weighted by molar-refractivity contribution is 0.666. The van der Waals surface area contributed by atoms with Gasteiger partial charge in [-0.15, -0.1) is 0 Å². The molecule has 33 heavy (non-hydrogen) atoms. The van der Waals surface area contributed by atoms with Crippen LogP contribution in [0.5, 0.6) is 0 Å². The first-order chi connectivity index (χ1) is 16.3. The predicted molar refractivity (Wildman–Crippen MR) is 132 cm³/mol. The summed E-state index contributed by atoms with van der Waals surface area (Å²) in [7, 11) is 0. The molecular formula is C28H15ClN2O2. The van der Waals surface area contributed by atoms with Gasteiger partial charge in [-0.1, -0.05) is 66.2 Å². The predicted octanol–water partition coefficient (Wildman–Crippen LogP) is 8.26. The smallest absolute Gasteiger partial charge is 0.180 e. The Bertz CT molecular complexity index is 1830. The number of furan rings is 2. The number of hydrogen-bond acceptors (Lipinski definition) is 4. The maximum absolute atomic E-state index is 6.26. The lowest BCUT2D eigenvalue weighted by Gasteiger charge is -2.06. The van der Waals surface area contributed by atoms with Crippen molar-refractivity contribution in [2.75, 3.05) is 0 Å². The molecule has 0 N–H and O–H groups in total.